The molecule has 0 unspecified atom stereocenters. The third kappa shape index (κ3) is 4.42. The smallest absolute Gasteiger partial charge is 0.410 e. The summed E-state index contributed by atoms with van der Waals surface area (Å²) < 4.78 is 26.5. The molecule has 0 bridgehead atoms. The molecule has 0 fully saturated rings. The molecule has 2 aromatic carbocycles. The van der Waals surface area contributed by atoms with Crippen LogP contribution in [-0.2, 0) is 16.8 Å². The first-order chi connectivity index (χ1) is 14.6. The van der Waals surface area contributed by atoms with Gasteiger partial charge in [-0.2, -0.15) is 0 Å². The minimum atomic E-state index is -0.801. The van der Waals surface area contributed by atoms with Gasteiger partial charge in [-0.3, -0.25) is 0 Å². The zero-order valence-electron chi connectivity index (χ0n) is 18.3. The van der Waals surface area contributed by atoms with Crippen LogP contribution in [0.25, 0.3) is 5.57 Å². The number of fused-ring (bicyclic) bond motifs is 1. The van der Waals surface area contributed by atoms with Crippen molar-refractivity contribution < 1.29 is 18.7 Å². The average molecular weight is 444 g/mol. The molecular weight excluding hydrogens is 417 g/mol. The van der Waals surface area contributed by atoms with Gasteiger partial charge in [0.2, 0.25) is 0 Å². The Hall–Kier alpha value is -2.53. The Morgan fingerprint density at radius 1 is 1.26 bits per heavy atom. The van der Waals surface area contributed by atoms with Gasteiger partial charge in [0.05, 0.1) is 0 Å². The van der Waals surface area contributed by atoms with Gasteiger partial charge >= 0.3 is 6.09 Å². The highest BCUT2D eigenvalue weighted by Crippen LogP contribution is 2.46. The van der Waals surface area contributed by atoms with E-state index in [9.17, 15) is 9.18 Å². The zero-order chi connectivity index (χ0) is 22.4. The highest BCUT2D eigenvalue weighted by molar-refractivity contribution is 6.30. The fourth-order valence-corrected chi connectivity index (χ4v) is 4.36. The highest BCUT2D eigenvalue weighted by Gasteiger charge is 2.40. The van der Waals surface area contributed by atoms with Crippen LogP contribution >= 0.6 is 11.6 Å². The lowest BCUT2D eigenvalue weighted by Gasteiger charge is -2.30. The van der Waals surface area contributed by atoms with Crippen LogP contribution in [-0.4, -0.2) is 29.7 Å². The molecule has 0 radical (unpaired) electrons. The molecule has 0 aliphatic carbocycles. The van der Waals surface area contributed by atoms with Crippen LogP contribution in [0.5, 0.6) is 5.75 Å². The topological polar surface area (TPSA) is 38.8 Å². The third-order valence-electron chi connectivity index (χ3n) is 5.66. The maximum absolute atomic E-state index is 14.6. The molecule has 4 nitrogen and oxygen atoms in total. The number of para-hydroxylation sites is 1. The Kier molecular flexibility index (Phi) is 5.50. The van der Waals surface area contributed by atoms with E-state index < -0.39 is 11.2 Å². The van der Waals surface area contributed by atoms with Gasteiger partial charge in [-0.25, -0.2) is 9.18 Å². The van der Waals surface area contributed by atoms with E-state index in [1.165, 1.54) is 6.07 Å². The van der Waals surface area contributed by atoms with Crippen LogP contribution in [0.15, 0.2) is 42.5 Å². The van der Waals surface area contributed by atoms with E-state index in [4.69, 9.17) is 21.1 Å². The Morgan fingerprint density at radius 2 is 2.03 bits per heavy atom. The molecule has 2 heterocycles. The van der Waals surface area contributed by atoms with Crippen molar-refractivity contribution in [2.24, 2.45) is 0 Å². The summed E-state index contributed by atoms with van der Waals surface area (Å²) in [6, 6.07) is 10.8. The van der Waals surface area contributed by atoms with Gasteiger partial charge in [0.15, 0.2) is 0 Å². The first kappa shape index (κ1) is 21.7. The lowest BCUT2D eigenvalue weighted by Crippen LogP contribution is -2.39. The summed E-state index contributed by atoms with van der Waals surface area (Å²) in [7, 11) is 0. The Balaban J connectivity index is 1.57. The number of carbonyl (C=O) groups is 1. The van der Waals surface area contributed by atoms with Crippen molar-refractivity contribution in [3.8, 4) is 5.75 Å². The molecule has 0 aromatic heterocycles. The second-order valence-corrected chi connectivity index (χ2v) is 9.77. The third-order valence-corrected chi connectivity index (χ3v) is 5.89. The normalized spacial score (nSPS) is 20.7. The SMILES string of the molecule is CC(C)(C)OC(=O)N1CC=C(c2cccc3c2O[C@@](C)(c2ccc(Cl)cc2F)C3)CC1. The number of halogens is 2. The Morgan fingerprint density at radius 3 is 2.68 bits per heavy atom. The van der Waals surface area contributed by atoms with Gasteiger partial charge in [0, 0.05) is 35.7 Å². The molecule has 0 N–H and O–H groups in total. The Bertz CT molecular complexity index is 1060. The van der Waals surface area contributed by atoms with Crippen LogP contribution in [0.1, 0.15) is 50.8 Å². The molecule has 31 heavy (non-hydrogen) atoms. The van der Waals surface area contributed by atoms with Crippen molar-refractivity contribution in [2.75, 3.05) is 13.1 Å². The first-order valence-corrected chi connectivity index (χ1v) is 10.9. The van der Waals surface area contributed by atoms with Crippen LogP contribution in [0.3, 0.4) is 0 Å². The number of hydrogen-bond donors (Lipinski definition) is 0. The van der Waals surface area contributed by atoms with Gasteiger partial charge in [-0.1, -0.05) is 41.9 Å². The van der Waals surface area contributed by atoms with Gasteiger partial charge in [-0.15, -0.1) is 0 Å². The van der Waals surface area contributed by atoms with E-state index in [0.717, 1.165) is 22.4 Å². The molecule has 0 saturated heterocycles. The van der Waals surface area contributed by atoms with Gasteiger partial charge < -0.3 is 14.4 Å². The lowest BCUT2D eigenvalue weighted by molar-refractivity contribution is 0.0270. The molecule has 0 saturated carbocycles. The number of hydrogen-bond acceptors (Lipinski definition) is 3. The summed E-state index contributed by atoms with van der Waals surface area (Å²) in [6.07, 6.45) is 3.02. The Labute approximate surface area is 187 Å². The summed E-state index contributed by atoms with van der Waals surface area (Å²) in [5.41, 5.74) is 2.34. The molecule has 6 heteroatoms. The van der Waals surface area contributed by atoms with Crippen LogP contribution in [0.4, 0.5) is 9.18 Å². The minimum Gasteiger partial charge on any atom is -0.481 e. The van der Waals surface area contributed by atoms with Crippen molar-refractivity contribution >= 4 is 23.3 Å². The molecular formula is C25H27ClFNO3. The fourth-order valence-electron chi connectivity index (χ4n) is 4.20. The van der Waals surface area contributed by atoms with Crippen molar-refractivity contribution in [1.82, 2.24) is 4.90 Å². The highest BCUT2D eigenvalue weighted by atomic mass is 35.5. The van der Waals surface area contributed by atoms with E-state index in [1.54, 1.807) is 17.0 Å². The molecule has 1 amide bonds. The predicted octanol–water partition coefficient (Wildman–Crippen LogP) is 6.35. The monoisotopic (exact) mass is 443 g/mol. The van der Waals surface area contributed by atoms with Gasteiger partial charge in [-0.05, 0) is 57.4 Å². The molecule has 2 aromatic rings. The molecule has 4 rings (SSSR count). The average Bonchev–Trinajstić information content (AvgIpc) is 3.03. The van der Waals surface area contributed by atoms with E-state index in [2.05, 4.69) is 0 Å². The predicted molar refractivity (Wildman–Crippen MR) is 120 cm³/mol. The maximum atomic E-state index is 14.6. The second kappa shape index (κ2) is 7.86. The van der Waals surface area contributed by atoms with Crippen molar-refractivity contribution in [2.45, 2.75) is 51.7 Å². The molecule has 2 aliphatic rings. The number of rotatable bonds is 2. The summed E-state index contributed by atoms with van der Waals surface area (Å²) in [5, 5.41) is 0.364. The van der Waals surface area contributed by atoms with Gasteiger partial charge in [0.25, 0.3) is 0 Å². The number of benzene rings is 2. The molecule has 0 spiro atoms. The van der Waals surface area contributed by atoms with Gasteiger partial charge in [0.1, 0.15) is 22.8 Å². The number of amides is 1. The maximum Gasteiger partial charge on any atom is 0.410 e. The number of ether oxygens (including phenoxy) is 2. The van der Waals surface area contributed by atoms with E-state index in [-0.39, 0.29) is 11.9 Å². The summed E-state index contributed by atoms with van der Waals surface area (Å²) in [5.74, 6) is 0.422. The summed E-state index contributed by atoms with van der Waals surface area (Å²) in [4.78, 5) is 14.0. The first-order valence-electron chi connectivity index (χ1n) is 10.5. The fraction of sp³-hybridized carbons (Fsp3) is 0.400. The molecule has 1 atom stereocenters. The number of nitrogens with zero attached hydrogens (tertiary/aromatic N) is 1. The number of carbonyl (C=O) groups excluding carboxylic acids is 1. The van der Waals surface area contributed by atoms with Crippen LogP contribution in [0, 0.1) is 5.82 Å². The van der Waals surface area contributed by atoms with Crippen LogP contribution in [0.2, 0.25) is 5.02 Å². The lowest BCUT2D eigenvalue weighted by atomic mass is 9.90. The van der Waals surface area contributed by atoms with Crippen molar-refractivity contribution in [3.63, 3.8) is 0 Å². The van der Waals surface area contributed by atoms with Crippen LogP contribution < -0.4 is 4.74 Å². The standard InChI is InChI=1S/C25H27ClFNO3/c1-24(2,3)31-23(29)28-12-10-16(11-13-28)19-7-5-6-17-15-25(4,30-22(17)19)20-9-8-18(26)14-21(20)27/h5-10,14H,11-13,15H2,1-4H3/t25-/m1/s1. The quantitative estimate of drug-likeness (QED) is 0.542. The molecule has 164 valence electrons. The van der Waals surface area contributed by atoms with Crippen molar-refractivity contribution in [3.05, 3.63) is 70.0 Å². The summed E-state index contributed by atoms with van der Waals surface area (Å²) >= 11 is 5.93. The van der Waals surface area contributed by atoms with E-state index in [1.807, 2.05) is 52.0 Å². The zero-order valence-corrected chi connectivity index (χ0v) is 19.1. The van der Waals surface area contributed by atoms with E-state index in [0.29, 0.717) is 36.5 Å². The van der Waals surface area contributed by atoms with E-state index >= 15 is 0 Å². The summed E-state index contributed by atoms with van der Waals surface area (Å²) in [6.45, 7) is 8.55. The second-order valence-electron chi connectivity index (χ2n) is 9.33. The van der Waals surface area contributed by atoms with Crippen molar-refractivity contribution in [1.29, 1.82) is 0 Å². The largest absolute Gasteiger partial charge is 0.481 e. The minimum absolute atomic E-state index is 0.303. The molecule has 2 aliphatic heterocycles.